The molecule has 0 aromatic heterocycles. The Bertz CT molecular complexity index is 1420. The molecule has 10 nitrogen and oxygen atoms in total. The average Bonchev–Trinajstić information content (AvgIpc) is 3.33. The Hall–Kier alpha value is -4.70. The maximum absolute atomic E-state index is 13.4. The van der Waals surface area contributed by atoms with Crippen LogP contribution in [0.1, 0.15) is 41.9 Å². The van der Waals surface area contributed by atoms with Crippen molar-refractivity contribution in [3.05, 3.63) is 95.6 Å². The van der Waals surface area contributed by atoms with Crippen LogP contribution in [0, 0.1) is 0 Å². The van der Waals surface area contributed by atoms with Gasteiger partial charge in [-0.05, 0) is 27.8 Å². The van der Waals surface area contributed by atoms with Gasteiger partial charge in [-0.2, -0.15) is 0 Å². The number of carbonyl (C=O) groups is 4. The number of esters is 1. The van der Waals surface area contributed by atoms with Gasteiger partial charge in [0.15, 0.2) is 5.60 Å². The predicted molar refractivity (Wildman–Crippen MR) is 151 cm³/mol. The number of amides is 2. The highest BCUT2D eigenvalue weighted by Crippen LogP contribution is 2.44. The summed E-state index contributed by atoms with van der Waals surface area (Å²) in [7, 11) is 0. The highest BCUT2D eigenvalue weighted by atomic mass is 16.5. The topological polar surface area (TPSA) is 142 Å². The van der Waals surface area contributed by atoms with Gasteiger partial charge < -0.3 is 29.9 Å². The molecule has 5 rings (SSSR count). The minimum Gasteiger partial charge on any atom is -0.479 e. The molecule has 42 heavy (non-hydrogen) atoms. The van der Waals surface area contributed by atoms with E-state index in [1.54, 1.807) is 12.1 Å². The zero-order chi connectivity index (χ0) is 29.7. The summed E-state index contributed by atoms with van der Waals surface area (Å²) in [6, 6.07) is 23.5. The van der Waals surface area contributed by atoms with E-state index in [-0.39, 0.29) is 45.1 Å². The van der Waals surface area contributed by atoms with E-state index in [0.29, 0.717) is 0 Å². The summed E-state index contributed by atoms with van der Waals surface area (Å²) in [5.74, 6) is -2.83. The maximum atomic E-state index is 13.4. The normalized spacial score (nSPS) is 16.1. The Balaban J connectivity index is 1.25. The van der Waals surface area contributed by atoms with Gasteiger partial charge in [0.05, 0.1) is 6.42 Å². The first-order valence-corrected chi connectivity index (χ1v) is 13.8. The number of carboxylic acids is 1. The van der Waals surface area contributed by atoms with Crippen molar-refractivity contribution in [2.24, 2.45) is 0 Å². The van der Waals surface area contributed by atoms with Crippen molar-refractivity contribution in [3.8, 4) is 11.1 Å². The number of carboxylic acid groups (broad SMARTS) is 1. The second-order valence-electron chi connectivity index (χ2n) is 10.5. The van der Waals surface area contributed by atoms with Crippen LogP contribution in [0.3, 0.4) is 0 Å². The number of nitrogens with one attached hydrogen (secondary N) is 1. The molecular weight excluding hydrogens is 540 g/mol. The number of aliphatic hydroxyl groups is 1. The Morgan fingerprint density at radius 1 is 0.857 bits per heavy atom. The Morgan fingerprint density at radius 2 is 1.43 bits per heavy atom. The molecule has 3 aromatic rings. The Kier molecular flexibility index (Phi) is 8.53. The molecule has 2 aliphatic rings. The number of nitrogens with zero attached hydrogens (tertiary/aromatic N) is 1. The lowest BCUT2D eigenvalue weighted by atomic mass is 9.91. The molecule has 1 aliphatic heterocycles. The lowest BCUT2D eigenvalue weighted by Crippen LogP contribution is -2.56. The lowest BCUT2D eigenvalue weighted by molar-refractivity contribution is -0.165. The molecular formula is C32H32N2O8. The first-order chi connectivity index (χ1) is 20.2. The highest BCUT2D eigenvalue weighted by molar-refractivity contribution is 5.90. The fourth-order valence-electron chi connectivity index (χ4n) is 5.48. The number of aliphatic carboxylic acids is 1. The fourth-order valence-corrected chi connectivity index (χ4v) is 5.48. The smallest absolute Gasteiger partial charge is 0.407 e. The molecule has 0 radical (unpaired) electrons. The lowest BCUT2D eigenvalue weighted by Gasteiger charge is -2.36. The zero-order valence-corrected chi connectivity index (χ0v) is 22.9. The third-order valence-electron chi connectivity index (χ3n) is 7.85. The molecule has 1 aliphatic carbocycles. The number of benzene rings is 3. The Morgan fingerprint density at radius 3 is 2.02 bits per heavy atom. The third-order valence-corrected chi connectivity index (χ3v) is 7.85. The summed E-state index contributed by atoms with van der Waals surface area (Å²) < 4.78 is 10.9. The molecule has 3 N–H and O–H groups in total. The highest BCUT2D eigenvalue weighted by Gasteiger charge is 2.42. The van der Waals surface area contributed by atoms with Crippen LogP contribution in [0.15, 0.2) is 78.9 Å². The predicted octanol–water partition coefficient (Wildman–Crippen LogP) is 3.47. The summed E-state index contributed by atoms with van der Waals surface area (Å²) in [4.78, 5) is 51.9. The molecule has 0 saturated carbocycles. The van der Waals surface area contributed by atoms with Crippen molar-refractivity contribution in [2.45, 2.75) is 43.4 Å². The monoisotopic (exact) mass is 572 g/mol. The largest absolute Gasteiger partial charge is 0.479 e. The Labute approximate surface area is 242 Å². The van der Waals surface area contributed by atoms with Crippen LogP contribution in [0.4, 0.5) is 4.79 Å². The van der Waals surface area contributed by atoms with Crippen LogP contribution in [0.5, 0.6) is 0 Å². The quantitative estimate of drug-likeness (QED) is 0.331. The van der Waals surface area contributed by atoms with E-state index in [0.717, 1.165) is 27.8 Å². The van der Waals surface area contributed by atoms with E-state index < -0.39 is 42.0 Å². The van der Waals surface area contributed by atoms with E-state index in [1.807, 2.05) is 66.7 Å². The number of piperidine rings is 1. The molecule has 0 bridgehead atoms. The summed E-state index contributed by atoms with van der Waals surface area (Å²) >= 11 is 0. The number of ether oxygens (including phenoxy) is 2. The van der Waals surface area contributed by atoms with Gasteiger partial charge in [0.2, 0.25) is 5.91 Å². The van der Waals surface area contributed by atoms with Gasteiger partial charge in [-0.25, -0.2) is 9.59 Å². The number of likely N-dealkylation sites (tertiary alicyclic amines) is 1. The minimum atomic E-state index is -1.93. The SMILES string of the molecule is O=C(C[C@H](NC(=O)OCC1c2ccccc2-c2ccccc21)C(=O)N1CCC(O)(C(=O)O)CC1)OCc1ccccc1. The molecule has 1 atom stereocenters. The van der Waals surface area contributed by atoms with E-state index in [9.17, 15) is 29.4 Å². The van der Waals surface area contributed by atoms with Gasteiger partial charge in [0.25, 0.3) is 0 Å². The van der Waals surface area contributed by atoms with Gasteiger partial charge >= 0.3 is 18.0 Å². The maximum Gasteiger partial charge on any atom is 0.407 e. The number of alkyl carbamates (subject to hydrolysis) is 1. The van der Waals surface area contributed by atoms with Crippen molar-refractivity contribution < 1.29 is 38.9 Å². The first kappa shape index (κ1) is 28.8. The number of carbonyl (C=O) groups excluding carboxylic acids is 3. The van der Waals surface area contributed by atoms with Crippen molar-refractivity contribution >= 4 is 23.9 Å². The second-order valence-corrected chi connectivity index (χ2v) is 10.5. The number of rotatable bonds is 9. The molecule has 218 valence electrons. The van der Waals surface area contributed by atoms with Crippen LogP contribution in [0.25, 0.3) is 11.1 Å². The summed E-state index contributed by atoms with van der Waals surface area (Å²) in [6.07, 6.45) is -1.67. The molecule has 1 heterocycles. The molecule has 3 aromatic carbocycles. The number of hydrogen-bond donors (Lipinski definition) is 3. The van der Waals surface area contributed by atoms with Crippen LogP contribution in [-0.4, -0.2) is 70.4 Å². The first-order valence-electron chi connectivity index (χ1n) is 13.8. The number of hydrogen-bond acceptors (Lipinski definition) is 7. The van der Waals surface area contributed by atoms with Crippen molar-refractivity contribution in [3.63, 3.8) is 0 Å². The minimum absolute atomic E-state index is 0.000879. The summed E-state index contributed by atoms with van der Waals surface area (Å²) in [6.45, 7) is -0.0808. The molecule has 0 spiro atoms. The van der Waals surface area contributed by atoms with Crippen LogP contribution >= 0.6 is 0 Å². The molecule has 0 unspecified atom stereocenters. The zero-order valence-electron chi connectivity index (χ0n) is 22.9. The molecule has 2 amide bonds. The van der Waals surface area contributed by atoms with Crippen molar-refractivity contribution in [1.29, 1.82) is 0 Å². The van der Waals surface area contributed by atoms with Crippen molar-refractivity contribution in [2.75, 3.05) is 19.7 Å². The molecule has 1 fully saturated rings. The average molecular weight is 573 g/mol. The van der Waals surface area contributed by atoms with E-state index in [4.69, 9.17) is 9.47 Å². The standard InChI is InChI=1S/C32H32N2O8/c35-28(41-19-21-8-2-1-3-9-21)18-27(29(36)34-16-14-32(40,15-17-34)30(37)38)33-31(39)42-20-26-24-12-6-4-10-22(24)23-11-5-7-13-25(23)26/h1-13,26-27,40H,14-20H2,(H,33,39)(H,37,38)/t27-/m0/s1. The van der Waals surface area contributed by atoms with Gasteiger partial charge in [0.1, 0.15) is 19.3 Å². The number of fused-ring (bicyclic) bond motifs is 3. The second kappa shape index (κ2) is 12.4. The van der Waals surface area contributed by atoms with E-state index >= 15 is 0 Å². The van der Waals surface area contributed by atoms with Crippen LogP contribution < -0.4 is 5.32 Å². The van der Waals surface area contributed by atoms with Gasteiger partial charge in [-0.3, -0.25) is 9.59 Å². The molecule has 10 heteroatoms. The van der Waals surface area contributed by atoms with E-state index in [1.165, 1.54) is 4.90 Å². The summed E-state index contributed by atoms with van der Waals surface area (Å²) in [5, 5.41) is 22.1. The van der Waals surface area contributed by atoms with Gasteiger partial charge in [-0.15, -0.1) is 0 Å². The third kappa shape index (κ3) is 6.28. The van der Waals surface area contributed by atoms with Crippen molar-refractivity contribution in [1.82, 2.24) is 10.2 Å². The fraction of sp³-hybridized carbons (Fsp3) is 0.312. The summed E-state index contributed by atoms with van der Waals surface area (Å²) in [5.41, 5.74) is 3.04. The molecule has 1 saturated heterocycles. The van der Waals surface area contributed by atoms with Gasteiger partial charge in [0, 0.05) is 31.8 Å². The van der Waals surface area contributed by atoms with Crippen LogP contribution in [0.2, 0.25) is 0 Å². The van der Waals surface area contributed by atoms with Crippen LogP contribution in [-0.2, 0) is 30.5 Å². The van der Waals surface area contributed by atoms with Gasteiger partial charge in [-0.1, -0.05) is 78.9 Å². The van der Waals surface area contributed by atoms with E-state index in [2.05, 4.69) is 5.32 Å².